The van der Waals surface area contributed by atoms with Crippen LogP contribution in [0, 0.1) is 0 Å². The lowest BCUT2D eigenvalue weighted by Gasteiger charge is -2.36. The Morgan fingerprint density at radius 2 is 1.63 bits per heavy atom. The van der Waals surface area contributed by atoms with Crippen molar-refractivity contribution in [2.75, 3.05) is 52.4 Å². The molecule has 0 aromatic heterocycles. The quantitative estimate of drug-likeness (QED) is 0.688. The van der Waals surface area contributed by atoms with Gasteiger partial charge in [-0.2, -0.15) is 0 Å². The van der Waals surface area contributed by atoms with Crippen molar-refractivity contribution in [1.82, 2.24) is 14.7 Å². The molecule has 0 saturated carbocycles. The number of urea groups is 1. The molecule has 1 heterocycles. The van der Waals surface area contributed by atoms with Gasteiger partial charge in [-0.05, 0) is 20.8 Å². The summed E-state index contributed by atoms with van der Waals surface area (Å²) in [6.07, 6.45) is 0. The van der Waals surface area contributed by atoms with Crippen molar-refractivity contribution in [1.29, 1.82) is 0 Å². The molecule has 0 N–H and O–H groups in total. The molecule has 1 aliphatic heterocycles. The largest absolute Gasteiger partial charge is 0.465 e. The Balaban J connectivity index is 2.36. The summed E-state index contributed by atoms with van der Waals surface area (Å²) in [6, 6.07) is 0.0979. The number of rotatable bonds is 5. The molecule has 1 saturated heterocycles. The lowest BCUT2D eigenvalue weighted by Crippen LogP contribution is -2.53. The van der Waals surface area contributed by atoms with Crippen molar-refractivity contribution >= 4 is 12.0 Å². The van der Waals surface area contributed by atoms with Crippen LogP contribution in [0.2, 0.25) is 0 Å². The highest BCUT2D eigenvalue weighted by Crippen LogP contribution is 2.06. The third-order valence-electron chi connectivity index (χ3n) is 3.33. The average molecular weight is 271 g/mol. The molecule has 0 bridgehead atoms. The fraction of sp³-hybridized carbons (Fsp3) is 0.846. The Hall–Kier alpha value is -1.30. The number of hydrogen-bond acceptors (Lipinski definition) is 4. The van der Waals surface area contributed by atoms with E-state index in [1.54, 1.807) is 6.92 Å². The maximum Gasteiger partial charge on any atom is 0.320 e. The summed E-state index contributed by atoms with van der Waals surface area (Å²) >= 11 is 0. The molecular formula is C13H25N3O3. The molecule has 1 aliphatic rings. The van der Waals surface area contributed by atoms with E-state index in [9.17, 15) is 9.59 Å². The van der Waals surface area contributed by atoms with Crippen LogP contribution in [-0.4, -0.2) is 79.1 Å². The Labute approximate surface area is 115 Å². The van der Waals surface area contributed by atoms with Gasteiger partial charge < -0.3 is 14.5 Å². The molecule has 1 fully saturated rings. The lowest BCUT2D eigenvalue weighted by atomic mass is 10.3. The summed E-state index contributed by atoms with van der Waals surface area (Å²) in [6.45, 7) is 10.8. The van der Waals surface area contributed by atoms with Crippen molar-refractivity contribution in [3.63, 3.8) is 0 Å². The molecule has 0 aromatic rings. The van der Waals surface area contributed by atoms with E-state index in [-0.39, 0.29) is 12.0 Å². The molecule has 0 radical (unpaired) electrons. The number of amides is 2. The Morgan fingerprint density at radius 1 is 1.05 bits per heavy atom. The summed E-state index contributed by atoms with van der Waals surface area (Å²) in [5.74, 6) is -0.189. The van der Waals surface area contributed by atoms with Gasteiger partial charge >= 0.3 is 12.0 Å². The van der Waals surface area contributed by atoms with Gasteiger partial charge in [0.1, 0.15) is 0 Å². The molecule has 2 amide bonds. The standard InChI is InChI=1S/C13H25N3O3/c1-4-15(5-2)13(18)16-9-7-14(8-10-16)11-12(17)19-6-3/h4-11H2,1-3H3. The van der Waals surface area contributed by atoms with Crippen LogP contribution in [0.3, 0.4) is 0 Å². The third kappa shape index (κ3) is 4.70. The molecule has 0 aliphatic carbocycles. The van der Waals surface area contributed by atoms with Gasteiger partial charge in [-0.25, -0.2) is 4.79 Å². The summed E-state index contributed by atoms with van der Waals surface area (Å²) in [4.78, 5) is 29.2. The van der Waals surface area contributed by atoms with Gasteiger partial charge in [0.05, 0.1) is 13.2 Å². The van der Waals surface area contributed by atoms with E-state index >= 15 is 0 Å². The van der Waals surface area contributed by atoms with Crippen LogP contribution in [-0.2, 0) is 9.53 Å². The molecular weight excluding hydrogens is 246 g/mol. The van der Waals surface area contributed by atoms with Gasteiger partial charge in [0.25, 0.3) is 0 Å². The second-order valence-electron chi connectivity index (χ2n) is 4.52. The minimum Gasteiger partial charge on any atom is -0.465 e. The fourth-order valence-electron chi connectivity index (χ4n) is 2.18. The fourth-order valence-corrected chi connectivity index (χ4v) is 2.18. The van der Waals surface area contributed by atoms with E-state index < -0.39 is 0 Å². The Bertz CT molecular complexity index is 298. The summed E-state index contributed by atoms with van der Waals surface area (Å²) in [5.41, 5.74) is 0. The zero-order chi connectivity index (χ0) is 14.3. The molecule has 6 nitrogen and oxygen atoms in total. The molecule has 0 spiro atoms. The van der Waals surface area contributed by atoms with Crippen LogP contribution in [0.1, 0.15) is 20.8 Å². The predicted octanol–water partition coefficient (Wildman–Crippen LogP) is 0.629. The highest BCUT2D eigenvalue weighted by Gasteiger charge is 2.24. The van der Waals surface area contributed by atoms with Crippen LogP contribution >= 0.6 is 0 Å². The number of ether oxygens (including phenoxy) is 1. The Morgan fingerprint density at radius 3 is 2.11 bits per heavy atom. The first-order valence-electron chi connectivity index (χ1n) is 7.04. The summed E-state index contributed by atoms with van der Waals surface area (Å²) in [5, 5.41) is 0. The molecule has 0 aromatic carbocycles. The minimum atomic E-state index is -0.189. The maximum atomic E-state index is 12.1. The van der Waals surface area contributed by atoms with Crippen LogP contribution in [0.4, 0.5) is 4.79 Å². The zero-order valence-corrected chi connectivity index (χ0v) is 12.2. The van der Waals surface area contributed by atoms with Gasteiger partial charge in [-0.15, -0.1) is 0 Å². The van der Waals surface area contributed by atoms with Gasteiger partial charge in [0.2, 0.25) is 0 Å². The van der Waals surface area contributed by atoms with E-state index in [4.69, 9.17) is 4.74 Å². The summed E-state index contributed by atoms with van der Waals surface area (Å²) in [7, 11) is 0. The first kappa shape index (κ1) is 15.8. The molecule has 0 atom stereocenters. The van der Waals surface area contributed by atoms with Crippen molar-refractivity contribution in [2.24, 2.45) is 0 Å². The van der Waals surface area contributed by atoms with E-state index in [0.717, 1.165) is 26.2 Å². The van der Waals surface area contributed by atoms with Crippen molar-refractivity contribution < 1.29 is 14.3 Å². The van der Waals surface area contributed by atoms with E-state index in [0.29, 0.717) is 26.2 Å². The van der Waals surface area contributed by atoms with Crippen molar-refractivity contribution in [2.45, 2.75) is 20.8 Å². The zero-order valence-electron chi connectivity index (χ0n) is 12.2. The number of carbonyl (C=O) groups is 2. The van der Waals surface area contributed by atoms with Crippen LogP contribution < -0.4 is 0 Å². The Kier molecular flexibility index (Phi) is 6.62. The predicted molar refractivity (Wildman–Crippen MR) is 73.0 cm³/mol. The van der Waals surface area contributed by atoms with E-state index in [2.05, 4.69) is 0 Å². The molecule has 1 rings (SSSR count). The SMILES string of the molecule is CCOC(=O)CN1CCN(C(=O)N(CC)CC)CC1. The topological polar surface area (TPSA) is 53.1 Å². The third-order valence-corrected chi connectivity index (χ3v) is 3.33. The van der Waals surface area contributed by atoms with Crippen LogP contribution in [0.25, 0.3) is 0 Å². The number of hydrogen-bond donors (Lipinski definition) is 0. The highest BCUT2D eigenvalue weighted by molar-refractivity contribution is 5.74. The smallest absolute Gasteiger partial charge is 0.320 e. The van der Waals surface area contributed by atoms with E-state index in [1.807, 2.05) is 28.5 Å². The van der Waals surface area contributed by atoms with E-state index in [1.165, 1.54) is 0 Å². The second kappa shape index (κ2) is 7.99. The number of piperazine rings is 1. The molecule has 19 heavy (non-hydrogen) atoms. The van der Waals surface area contributed by atoms with Gasteiger partial charge in [-0.3, -0.25) is 9.69 Å². The highest BCUT2D eigenvalue weighted by atomic mass is 16.5. The monoisotopic (exact) mass is 271 g/mol. The first-order chi connectivity index (χ1) is 9.12. The van der Waals surface area contributed by atoms with Crippen LogP contribution in [0.5, 0.6) is 0 Å². The normalized spacial score (nSPS) is 16.3. The maximum absolute atomic E-state index is 12.1. The second-order valence-corrected chi connectivity index (χ2v) is 4.52. The number of esters is 1. The first-order valence-corrected chi connectivity index (χ1v) is 7.04. The van der Waals surface area contributed by atoms with Gasteiger partial charge in [-0.1, -0.05) is 0 Å². The lowest BCUT2D eigenvalue weighted by molar-refractivity contribution is -0.144. The van der Waals surface area contributed by atoms with Crippen molar-refractivity contribution in [3.8, 4) is 0 Å². The average Bonchev–Trinajstić information content (AvgIpc) is 2.41. The number of nitrogens with zero attached hydrogens (tertiary/aromatic N) is 3. The van der Waals surface area contributed by atoms with Crippen molar-refractivity contribution in [3.05, 3.63) is 0 Å². The molecule has 6 heteroatoms. The van der Waals surface area contributed by atoms with Crippen LogP contribution in [0.15, 0.2) is 0 Å². The number of carbonyl (C=O) groups excluding carboxylic acids is 2. The van der Waals surface area contributed by atoms with Gasteiger partial charge in [0.15, 0.2) is 0 Å². The molecule has 0 unspecified atom stereocenters. The minimum absolute atomic E-state index is 0.0979. The van der Waals surface area contributed by atoms with Gasteiger partial charge in [0, 0.05) is 39.3 Å². The molecule has 110 valence electrons. The summed E-state index contributed by atoms with van der Waals surface area (Å²) < 4.78 is 4.92.